The summed E-state index contributed by atoms with van der Waals surface area (Å²) >= 11 is 0. The second-order valence-corrected chi connectivity index (χ2v) is 5.07. The zero-order valence-electron chi connectivity index (χ0n) is 11.6. The number of benzene rings is 1. The van der Waals surface area contributed by atoms with Gasteiger partial charge in [0, 0.05) is 32.8 Å². The van der Waals surface area contributed by atoms with E-state index in [-0.39, 0.29) is 18.1 Å². The average Bonchev–Trinajstić information content (AvgIpc) is 3.05. The molecule has 1 amide bonds. The van der Waals surface area contributed by atoms with E-state index in [0.717, 1.165) is 24.1 Å². The standard InChI is InChI=1S/C14H18N4O2/c1-18-8-16-10-5-9(3-4-12(10)18)14(19)17-11-6-15-7-13(11)20-2/h3-5,8,11,13,15H,6-7H2,1-2H3,(H,17,19)/t11-,13+/m1/s1. The van der Waals surface area contributed by atoms with E-state index >= 15 is 0 Å². The van der Waals surface area contributed by atoms with Gasteiger partial charge in [-0.05, 0) is 18.2 Å². The first kappa shape index (κ1) is 13.1. The third kappa shape index (κ3) is 2.28. The van der Waals surface area contributed by atoms with Gasteiger partial charge in [0.05, 0.1) is 29.5 Å². The molecule has 0 radical (unpaired) electrons. The molecule has 1 fully saturated rings. The fraction of sp³-hybridized carbons (Fsp3) is 0.429. The lowest BCUT2D eigenvalue weighted by molar-refractivity contribution is 0.0780. The van der Waals surface area contributed by atoms with Crippen LogP contribution in [0.2, 0.25) is 0 Å². The summed E-state index contributed by atoms with van der Waals surface area (Å²) in [6.45, 7) is 1.50. The highest BCUT2D eigenvalue weighted by Gasteiger charge is 2.28. The second-order valence-electron chi connectivity index (χ2n) is 5.07. The molecular weight excluding hydrogens is 256 g/mol. The van der Waals surface area contributed by atoms with Gasteiger partial charge in [-0.25, -0.2) is 4.98 Å². The zero-order valence-corrected chi connectivity index (χ0v) is 11.6. The number of ether oxygens (including phenoxy) is 1. The predicted octanol–water partition coefficient (Wildman–Crippen LogP) is 0.290. The Morgan fingerprint density at radius 3 is 3.15 bits per heavy atom. The van der Waals surface area contributed by atoms with Crippen molar-refractivity contribution in [2.24, 2.45) is 7.05 Å². The summed E-state index contributed by atoms with van der Waals surface area (Å²) in [6.07, 6.45) is 1.77. The molecule has 1 saturated heterocycles. The minimum Gasteiger partial charge on any atom is -0.378 e. The maximum absolute atomic E-state index is 12.3. The van der Waals surface area contributed by atoms with Gasteiger partial charge in [0.1, 0.15) is 0 Å². The van der Waals surface area contributed by atoms with Gasteiger partial charge in [0.25, 0.3) is 5.91 Å². The number of carbonyl (C=O) groups excluding carboxylic acids is 1. The van der Waals surface area contributed by atoms with Crippen LogP contribution in [0.3, 0.4) is 0 Å². The van der Waals surface area contributed by atoms with Crippen molar-refractivity contribution in [2.45, 2.75) is 12.1 Å². The molecule has 106 valence electrons. The van der Waals surface area contributed by atoms with E-state index in [0.29, 0.717) is 5.56 Å². The van der Waals surface area contributed by atoms with Gasteiger partial charge in [-0.15, -0.1) is 0 Å². The first-order chi connectivity index (χ1) is 9.69. The fourth-order valence-corrected chi connectivity index (χ4v) is 2.58. The van der Waals surface area contributed by atoms with Gasteiger partial charge in [0.2, 0.25) is 0 Å². The molecule has 1 aromatic heterocycles. The molecule has 1 aromatic carbocycles. The lowest BCUT2D eigenvalue weighted by atomic mass is 10.1. The van der Waals surface area contributed by atoms with Crippen LogP contribution in [-0.2, 0) is 11.8 Å². The summed E-state index contributed by atoms with van der Waals surface area (Å²) in [6, 6.07) is 5.56. The smallest absolute Gasteiger partial charge is 0.251 e. The van der Waals surface area contributed by atoms with Crippen LogP contribution in [0.25, 0.3) is 11.0 Å². The summed E-state index contributed by atoms with van der Waals surface area (Å²) in [7, 11) is 3.60. The molecule has 2 N–H and O–H groups in total. The quantitative estimate of drug-likeness (QED) is 0.844. The Morgan fingerprint density at radius 2 is 2.35 bits per heavy atom. The van der Waals surface area contributed by atoms with Crippen LogP contribution in [0.1, 0.15) is 10.4 Å². The highest BCUT2D eigenvalue weighted by atomic mass is 16.5. The van der Waals surface area contributed by atoms with Crippen molar-refractivity contribution in [3.05, 3.63) is 30.1 Å². The highest BCUT2D eigenvalue weighted by molar-refractivity contribution is 5.97. The molecule has 0 saturated carbocycles. The fourth-order valence-electron chi connectivity index (χ4n) is 2.58. The summed E-state index contributed by atoms with van der Waals surface area (Å²) in [5.74, 6) is -0.0895. The molecule has 3 rings (SSSR count). The Kier molecular flexibility index (Phi) is 3.42. The molecule has 20 heavy (non-hydrogen) atoms. The number of nitrogens with one attached hydrogen (secondary N) is 2. The maximum atomic E-state index is 12.3. The number of amides is 1. The van der Waals surface area contributed by atoms with Gasteiger partial charge in [-0.3, -0.25) is 4.79 Å². The van der Waals surface area contributed by atoms with Crippen molar-refractivity contribution in [3.63, 3.8) is 0 Å². The van der Waals surface area contributed by atoms with E-state index in [9.17, 15) is 4.79 Å². The Hall–Kier alpha value is -1.92. The summed E-state index contributed by atoms with van der Waals surface area (Å²) < 4.78 is 7.27. The number of nitrogens with zero attached hydrogens (tertiary/aromatic N) is 2. The number of aromatic nitrogens is 2. The molecule has 2 aromatic rings. The Bertz CT molecular complexity index is 637. The predicted molar refractivity (Wildman–Crippen MR) is 75.6 cm³/mol. The zero-order chi connectivity index (χ0) is 14.1. The van der Waals surface area contributed by atoms with Gasteiger partial charge < -0.3 is 19.9 Å². The first-order valence-corrected chi connectivity index (χ1v) is 6.64. The Labute approximate surface area is 117 Å². The topological polar surface area (TPSA) is 68.2 Å². The summed E-state index contributed by atoms with van der Waals surface area (Å²) in [5, 5.41) is 6.21. The molecule has 0 aliphatic carbocycles. The van der Waals surface area contributed by atoms with E-state index in [4.69, 9.17) is 4.74 Å². The van der Waals surface area contributed by atoms with E-state index in [1.165, 1.54) is 0 Å². The van der Waals surface area contributed by atoms with E-state index in [2.05, 4.69) is 15.6 Å². The van der Waals surface area contributed by atoms with Gasteiger partial charge in [-0.1, -0.05) is 0 Å². The number of rotatable bonds is 3. The Morgan fingerprint density at radius 1 is 1.50 bits per heavy atom. The minimum atomic E-state index is -0.0895. The Balaban J connectivity index is 1.78. The monoisotopic (exact) mass is 274 g/mol. The lowest BCUT2D eigenvalue weighted by Crippen LogP contribution is -2.43. The number of imidazole rings is 1. The molecule has 6 heteroatoms. The van der Waals surface area contributed by atoms with Crippen LogP contribution < -0.4 is 10.6 Å². The minimum absolute atomic E-state index is 0.00642. The van der Waals surface area contributed by atoms with Crippen LogP contribution >= 0.6 is 0 Å². The van der Waals surface area contributed by atoms with Crippen LogP contribution in [0.4, 0.5) is 0 Å². The molecule has 0 bridgehead atoms. The molecule has 1 aliphatic heterocycles. The molecule has 2 atom stereocenters. The van der Waals surface area contributed by atoms with Crippen molar-refractivity contribution in [1.82, 2.24) is 20.2 Å². The van der Waals surface area contributed by atoms with Crippen LogP contribution in [0.15, 0.2) is 24.5 Å². The SMILES string of the molecule is CO[C@H]1CNC[C@H]1NC(=O)c1ccc2c(c1)ncn2C. The summed E-state index contributed by atoms with van der Waals surface area (Å²) in [5.41, 5.74) is 2.46. The van der Waals surface area contributed by atoms with Gasteiger partial charge >= 0.3 is 0 Å². The van der Waals surface area contributed by atoms with Crippen LogP contribution in [-0.4, -0.2) is 47.8 Å². The number of methoxy groups -OCH3 is 1. The number of fused-ring (bicyclic) bond motifs is 1. The highest BCUT2D eigenvalue weighted by Crippen LogP contribution is 2.14. The van der Waals surface area contributed by atoms with Crippen LogP contribution in [0, 0.1) is 0 Å². The number of hydrogen-bond acceptors (Lipinski definition) is 4. The molecule has 2 heterocycles. The molecule has 6 nitrogen and oxygen atoms in total. The van der Waals surface area contributed by atoms with E-state index < -0.39 is 0 Å². The summed E-state index contributed by atoms with van der Waals surface area (Å²) in [4.78, 5) is 16.6. The van der Waals surface area contributed by atoms with Crippen molar-refractivity contribution in [3.8, 4) is 0 Å². The number of hydrogen-bond donors (Lipinski definition) is 2. The van der Waals surface area contributed by atoms with Crippen molar-refractivity contribution < 1.29 is 9.53 Å². The third-order valence-electron chi connectivity index (χ3n) is 3.77. The third-order valence-corrected chi connectivity index (χ3v) is 3.77. The largest absolute Gasteiger partial charge is 0.378 e. The average molecular weight is 274 g/mol. The molecule has 1 aliphatic rings. The second kappa shape index (κ2) is 5.22. The normalized spacial score (nSPS) is 22.3. The van der Waals surface area contributed by atoms with E-state index in [1.54, 1.807) is 13.4 Å². The van der Waals surface area contributed by atoms with Gasteiger partial charge in [-0.2, -0.15) is 0 Å². The molecule has 0 unspecified atom stereocenters. The number of carbonyl (C=O) groups is 1. The maximum Gasteiger partial charge on any atom is 0.251 e. The van der Waals surface area contributed by atoms with Crippen molar-refractivity contribution >= 4 is 16.9 Å². The van der Waals surface area contributed by atoms with Crippen molar-refractivity contribution in [1.29, 1.82) is 0 Å². The molecule has 0 spiro atoms. The van der Waals surface area contributed by atoms with E-state index in [1.807, 2.05) is 29.8 Å². The molecular formula is C14H18N4O2. The van der Waals surface area contributed by atoms with Gasteiger partial charge in [0.15, 0.2) is 0 Å². The van der Waals surface area contributed by atoms with Crippen molar-refractivity contribution in [2.75, 3.05) is 20.2 Å². The first-order valence-electron chi connectivity index (χ1n) is 6.64. The van der Waals surface area contributed by atoms with Crippen LogP contribution in [0.5, 0.6) is 0 Å². The lowest BCUT2D eigenvalue weighted by Gasteiger charge is -2.18. The number of aryl methyl sites for hydroxylation is 1.